The molecule has 31 heavy (non-hydrogen) atoms. The van der Waals surface area contributed by atoms with E-state index in [0.717, 1.165) is 66.9 Å². The van der Waals surface area contributed by atoms with Crippen LogP contribution in [0, 0.1) is 19.8 Å². The highest BCUT2D eigenvalue weighted by atomic mass is 16.2. The maximum absolute atomic E-state index is 13.1. The number of likely N-dealkylation sites (tertiary alicyclic amines) is 1. The summed E-state index contributed by atoms with van der Waals surface area (Å²) in [7, 11) is 0. The smallest absolute Gasteiger partial charge is 0.226 e. The number of nitrogens with zero attached hydrogens (tertiary/aromatic N) is 4. The van der Waals surface area contributed by atoms with Crippen LogP contribution in [0.15, 0.2) is 6.07 Å². The second-order valence-electron chi connectivity index (χ2n) is 9.12. The van der Waals surface area contributed by atoms with Gasteiger partial charge in [-0.3, -0.25) is 9.59 Å². The van der Waals surface area contributed by atoms with Gasteiger partial charge in [-0.2, -0.15) is 5.10 Å². The fourth-order valence-electron chi connectivity index (χ4n) is 5.21. The van der Waals surface area contributed by atoms with Gasteiger partial charge in [0.1, 0.15) is 0 Å². The van der Waals surface area contributed by atoms with Gasteiger partial charge in [0.2, 0.25) is 11.8 Å². The summed E-state index contributed by atoms with van der Waals surface area (Å²) in [4.78, 5) is 32.0. The molecule has 4 rings (SSSR count). The van der Waals surface area contributed by atoms with Gasteiger partial charge in [-0.1, -0.05) is 19.8 Å². The fourth-order valence-corrected chi connectivity index (χ4v) is 5.21. The normalized spacial score (nSPS) is 19.5. The van der Waals surface area contributed by atoms with E-state index in [-0.39, 0.29) is 17.9 Å². The predicted molar refractivity (Wildman–Crippen MR) is 120 cm³/mol. The molecular formula is C24H35N5O2. The van der Waals surface area contributed by atoms with E-state index in [9.17, 15) is 9.59 Å². The Bertz CT molecular complexity index is 961. The Hall–Kier alpha value is -2.44. The first-order chi connectivity index (χ1) is 15.0. The zero-order chi connectivity index (χ0) is 22.0. The first kappa shape index (κ1) is 21.8. The number of fused-ring (bicyclic) bond motifs is 1. The van der Waals surface area contributed by atoms with Crippen LogP contribution in [0.1, 0.15) is 87.0 Å². The Kier molecular flexibility index (Phi) is 6.58. The number of aromatic nitrogens is 3. The summed E-state index contributed by atoms with van der Waals surface area (Å²) in [6, 6.07) is 2.10. The average Bonchev–Trinajstić information content (AvgIpc) is 3.51. The molecule has 1 N–H and O–H groups in total. The van der Waals surface area contributed by atoms with E-state index in [1.807, 2.05) is 24.4 Å². The molecule has 2 aromatic rings. The quantitative estimate of drug-likeness (QED) is 0.734. The van der Waals surface area contributed by atoms with Crippen molar-refractivity contribution < 1.29 is 9.59 Å². The molecule has 1 aliphatic heterocycles. The Morgan fingerprint density at radius 1 is 1.16 bits per heavy atom. The lowest BCUT2D eigenvalue weighted by molar-refractivity contribution is -0.136. The van der Waals surface area contributed by atoms with Gasteiger partial charge in [-0.05, 0) is 57.9 Å². The maximum atomic E-state index is 13.1. The average molecular weight is 426 g/mol. The molecule has 2 aromatic heterocycles. The van der Waals surface area contributed by atoms with E-state index in [1.165, 1.54) is 12.8 Å². The third-order valence-electron chi connectivity index (χ3n) is 6.94. The minimum atomic E-state index is 0.0535. The molecule has 1 aliphatic carbocycles. The summed E-state index contributed by atoms with van der Waals surface area (Å²) < 4.78 is 1.90. The molecule has 0 spiro atoms. The zero-order valence-corrected chi connectivity index (χ0v) is 19.1. The number of hydrogen-bond donors (Lipinski definition) is 1. The molecule has 7 nitrogen and oxygen atoms in total. The van der Waals surface area contributed by atoms with Crippen LogP contribution in [-0.4, -0.2) is 44.4 Å². The zero-order valence-electron chi connectivity index (χ0n) is 19.1. The van der Waals surface area contributed by atoms with Crippen molar-refractivity contribution in [2.45, 2.75) is 84.6 Å². The van der Waals surface area contributed by atoms with E-state index in [1.54, 1.807) is 0 Å². The van der Waals surface area contributed by atoms with Crippen molar-refractivity contribution in [3.8, 4) is 0 Å². The van der Waals surface area contributed by atoms with Crippen molar-refractivity contribution in [2.24, 2.45) is 5.92 Å². The van der Waals surface area contributed by atoms with Crippen LogP contribution in [0.5, 0.6) is 0 Å². The van der Waals surface area contributed by atoms with Crippen molar-refractivity contribution >= 4 is 17.5 Å². The molecule has 3 heterocycles. The first-order valence-electron chi connectivity index (χ1n) is 11.9. The van der Waals surface area contributed by atoms with Crippen molar-refractivity contribution in [3.63, 3.8) is 0 Å². The summed E-state index contributed by atoms with van der Waals surface area (Å²) in [5.41, 5.74) is 4.83. The molecule has 1 saturated carbocycles. The fraction of sp³-hybridized carbons (Fsp3) is 0.667. The predicted octanol–water partition coefficient (Wildman–Crippen LogP) is 3.66. The van der Waals surface area contributed by atoms with E-state index >= 15 is 0 Å². The highest BCUT2D eigenvalue weighted by Gasteiger charge is 2.36. The molecular weight excluding hydrogens is 390 g/mol. The molecule has 2 amide bonds. The minimum Gasteiger partial charge on any atom is -0.356 e. The first-order valence-corrected chi connectivity index (χ1v) is 11.9. The Balaban J connectivity index is 1.55. The van der Waals surface area contributed by atoms with Gasteiger partial charge >= 0.3 is 0 Å². The number of amides is 2. The van der Waals surface area contributed by atoms with Crippen LogP contribution in [0.25, 0.3) is 5.65 Å². The number of aryl methyl sites for hydroxylation is 2. The van der Waals surface area contributed by atoms with Crippen LogP contribution in [0.3, 0.4) is 0 Å². The Labute approximate surface area is 184 Å². The van der Waals surface area contributed by atoms with Gasteiger partial charge in [-0.15, -0.1) is 0 Å². The van der Waals surface area contributed by atoms with Gasteiger partial charge < -0.3 is 10.2 Å². The lowest BCUT2D eigenvalue weighted by Crippen LogP contribution is -2.35. The van der Waals surface area contributed by atoms with Gasteiger partial charge in [0.05, 0.1) is 11.7 Å². The number of hydrogen-bond acceptors (Lipinski definition) is 4. The molecule has 168 valence electrons. The monoisotopic (exact) mass is 425 g/mol. The topological polar surface area (TPSA) is 79.6 Å². The van der Waals surface area contributed by atoms with E-state index in [0.29, 0.717) is 25.3 Å². The Morgan fingerprint density at radius 2 is 1.94 bits per heavy atom. The van der Waals surface area contributed by atoms with E-state index in [2.05, 4.69) is 17.1 Å². The van der Waals surface area contributed by atoms with E-state index in [4.69, 9.17) is 10.1 Å². The highest BCUT2D eigenvalue weighted by molar-refractivity contribution is 5.80. The number of carbonyl (C=O) groups excluding carboxylic acids is 2. The summed E-state index contributed by atoms with van der Waals surface area (Å²) in [6.45, 7) is 7.65. The van der Waals surface area contributed by atoms with Crippen LogP contribution >= 0.6 is 0 Å². The maximum Gasteiger partial charge on any atom is 0.226 e. The molecule has 0 bridgehead atoms. The van der Waals surface area contributed by atoms with Gasteiger partial charge in [0.25, 0.3) is 0 Å². The minimum absolute atomic E-state index is 0.0535. The molecule has 1 atom stereocenters. The molecule has 0 radical (unpaired) electrons. The molecule has 1 saturated heterocycles. The second-order valence-corrected chi connectivity index (χ2v) is 9.12. The van der Waals surface area contributed by atoms with Gasteiger partial charge in [0.15, 0.2) is 5.65 Å². The molecule has 0 aromatic carbocycles. The molecule has 7 heteroatoms. The van der Waals surface area contributed by atoms with E-state index < -0.39 is 0 Å². The lowest BCUT2D eigenvalue weighted by atomic mass is 10.1. The van der Waals surface area contributed by atoms with Crippen LogP contribution < -0.4 is 5.32 Å². The van der Waals surface area contributed by atoms with Crippen molar-refractivity contribution in [3.05, 3.63) is 28.7 Å². The standard InChI is InChI=1S/C24H35N5O2/c1-4-13-25-23(30)12-11-19-16(2)26-22-15-20(27-29(22)17(19)3)21-10-7-14-28(21)24(31)18-8-5-6-9-18/h15,18,21H,4-14H2,1-3H3,(H,25,30)/t21-/m0/s1. The van der Waals surface area contributed by atoms with Crippen molar-refractivity contribution in [1.29, 1.82) is 0 Å². The summed E-state index contributed by atoms with van der Waals surface area (Å²) in [6.07, 6.45) is 8.44. The molecule has 2 aliphatic rings. The third-order valence-corrected chi connectivity index (χ3v) is 6.94. The largest absolute Gasteiger partial charge is 0.356 e. The number of rotatable bonds is 7. The number of nitrogens with one attached hydrogen (secondary N) is 1. The van der Waals surface area contributed by atoms with Crippen LogP contribution in [0.4, 0.5) is 0 Å². The SMILES string of the molecule is CCCNC(=O)CCc1c(C)nc2cc([C@@H]3CCCN3C(=O)C3CCCC3)nn2c1C. The van der Waals surface area contributed by atoms with Crippen LogP contribution in [0.2, 0.25) is 0 Å². The highest BCUT2D eigenvalue weighted by Crippen LogP contribution is 2.36. The summed E-state index contributed by atoms with van der Waals surface area (Å²) >= 11 is 0. The van der Waals surface area contributed by atoms with Crippen molar-refractivity contribution in [1.82, 2.24) is 24.8 Å². The van der Waals surface area contributed by atoms with Gasteiger partial charge in [0, 0.05) is 42.9 Å². The van der Waals surface area contributed by atoms with Gasteiger partial charge in [-0.25, -0.2) is 9.50 Å². The second kappa shape index (κ2) is 9.37. The van der Waals surface area contributed by atoms with Crippen molar-refractivity contribution in [2.75, 3.05) is 13.1 Å². The molecule has 2 fully saturated rings. The number of carbonyl (C=O) groups is 2. The Morgan fingerprint density at radius 3 is 2.68 bits per heavy atom. The molecule has 0 unspecified atom stereocenters. The summed E-state index contributed by atoms with van der Waals surface area (Å²) in [5, 5.41) is 7.83. The third kappa shape index (κ3) is 4.46. The summed E-state index contributed by atoms with van der Waals surface area (Å²) in [5.74, 6) is 0.593. The lowest BCUT2D eigenvalue weighted by Gasteiger charge is -2.26. The van der Waals surface area contributed by atoms with Crippen LogP contribution in [-0.2, 0) is 16.0 Å².